The summed E-state index contributed by atoms with van der Waals surface area (Å²) in [5, 5.41) is 12.9. The Balaban J connectivity index is 1.45. The molecule has 144 valence electrons. The van der Waals surface area contributed by atoms with Gasteiger partial charge in [-0.1, -0.05) is 22.7 Å². The summed E-state index contributed by atoms with van der Waals surface area (Å²) in [7, 11) is 0. The minimum Gasteiger partial charge on any atom is -0.378 e. The molecule has 0 bridgehead atoms. The van der Waals surface area contributed by atoms with Crippen molar-refractivity contribution in [3.8, 4) is 0 Å². The summed E-state index contributed by atoms with van der Waals surface area (Å²) in [6.07, 6.45) is 5.72. The first-order valence-corrected chi connectivity index (χ1v) is 9.37. The highest BCUT2D eigenvalue weighted by molar-refractivity contribution is 5.74. The van der Waals surface area contributed by atoms with Gasteiger partial charge in [0, 0.05) is 18.1 Å². The summed E-state index contributed by atoms with van der Waals surface area (Å²) in [5.74, 6) is 0.909. The van der Waals surface area contributed by atoms with Gasteiger partial charge in [0.05, 0.1) is 29.9 Å². The minimum absolute atomic E-state index is 0.0956. The van der Waals surface area contributed by atoms with E-state index in [0.29, 0.717) is 10.9 Å². The number of hydrazine groups is 1. The molecule has 4 aliphatic heterocycles. The van der Waals surface area contributed by atoms with E-state index >= 15 is 0 Å². The lowest BCUT2D eigenvalue weighted by molar-refractivity contribution is 0.104. The average Bonchev–Trinajstić information content (AvgIpc) is 3.46. The van der Waals surface area contributed by atoms with Gasteiger partial charge in [-0.25, -0.2) is 10.0 Å². The highest BCUT2D eigenvalue weighted by Crippen LogP contribution is 2.45. The van der Waals surface area contributed by atoms with Crippen LogP contribution in [0.5, 0.6) is 0 Å². The Morgan fingerprint density at radius 2 is 2.14 bits per heavy atom. The van der Waals surface area contributed by atoms with Gasteiger partial charge in [0.2, 0.25) is 0 Å². The maximum Gasteiger partial charge on any atom is 0.173 e. The van der Waals surface area contributed by atoms with E-state index in [1.165, 1.54) is 6.20 Å². The van der Waals surface area contributed by atoms with E-state index in [1.54, 1.807) is 17.3 Å². The fourth-order valence-electron chi connectivity index (χ4n) is 4.47. The van der Waals surface area contributed by atoms with E-state index in [0.717, 1.165) is 30.0 Å². The van der Waals surface area contributed by atoms with Crippen molar-refractivity contribution in [3.63, 3.8) is 0 Å². The van der Waals surface area contributed by atoms with Gasteiger partial charge >= 0.3 is 0 Å². The summed E-state index contributed by atoms with van der Waals surface area (Å²) in [5.41, 5.74) is 2.94. The molecule has 1 fully saturated rings. The van der Waals surface area contributed by atoms with Gasteiger partial charge in [0.15, 0.2) is 12.0 Å². The zero-order valence-electron chi connectivity index (χ0n) is 15.3. The molecule has 3 unspecified atom stereocenters. The number of nitrogens with zero attached hydrogens (tertiary/aromatic N) is 8. The number of halogens is 1. The molecule has 0 spiro atoms. The molecule has 28 heavy (non-hydrogen) atoms. The van der Waals surface area contributed by atoms with E-state index in [4.69, 9.17) is 9.73 Å². The normalized spacial score (nSPS) is 27.9. The average molecular weight is 382 g/mol. The van der Waals surface area contributed by atoms with Crippen LogP contribution in [0.1, 0.15) is 36.7 Å². The third kappa shape index (κ3) is 2.06. The molecule has 10 heteroatoms. The molecular formula is C18H19FN8O. The first-order chi connectivity index (χ1) is 13.7. The second-order valence-corrected chi connectivity index (χ2v) is 7.34. The summed E-state index contributed by atoms with van der Waals surface area (Å²) in [6.45, 7) is 2.93. The Morgan fingerprint density at radius 3 is 3.00 bits per heavy atom. The molecule has 1 saturated heterocycles. The lowest BCUT2D eigenvalue weighted by Crippen LogP contribution is -2.52. The zero-order chi connectivity index (χ0) is 18.8. The molecule has 0 saturated carbocycles. The molecule has 2 aromatic rings. The van der Waals surface area contributed by atoms with Crippen LogP contribution >= 0.6 is 0 Å². The Hall–Kier alpha value is -3.14. The van der Waals surface area contributed by atoms with Gasteiger partial charge in [-0.2, -0.15) is 10.2 Å². The first kappa shape index (κ1) is 15.9. The van der Waals surface area contributed by atoms with Crippen LogP contribution in [0.2, 0.25) is 0 Å². The number of fused-ring (bicyclic) bond motifs is 6. The van der Waals surface area contributed by atoms with Crippen LogP contribution in [-0.4, -0.2) is 51.0 Å². The highest BCUT2D eigenvalue weighted by atomic mass is 19.2. The molecular weight excluding hydrogens is 363 g/mol. The van der Waals surface area contributed by atoms with Crippen molar-refractivity contribution in [2.75, 3.05) is 23.3 Å². The van der Waals surface area contributed by atoms with Crippen LogP contribution < -0.4 is 10.0 Å². The number of hydrogen-bond acceptors (Lipinski definition) is 8. The van der Waals surface area contributed by atoms with Gasteiger partial charge < -0.3 is 9.64 Å². The summed E-state index contributed by atoms with van der Waals surface area (Å²) < 4.78 is 19.9. The second-order valence-electron chi connectivity index (χ2n) is 7.34. The molecule has 1 aromatic carbocycles. The van der Waals surface area contributed by atoms with Gasteiger partial charge in [-0.15, -0.1) is 9.89 Å². The molecule has 5 heterocycles. The number of aromatic nitrogens is 3. The van der Waals surface area contributed by atoms with Crippen molar-refractivity contribution in [1.29, 1.82) is 0 Å². The number of rotatable bonds is 2. The third-order valence-electron chi connectivity index (χ3n) is 5.82. The fraction of sp³-hybridized carbons (Fsp3) is 0.389. The lowest BCUT2D eigenvalue weighted by atomic mass is 9.99. The molecule has 4 aliphatic rings. The SMILES string of the molecule is CC1OCCC1c1cnnn1N1C=NC2c3ccccc3N3CN(F)C=C3N21. The quantitative estimate of drug-likeness (QED) is 0.735. The van der Waals surface area contributed by atoms with Crippen molar-refractivity contribution in [3.05, 3.63) is 53.7 Å². The lowest BCUT2D eigenvalue weighted by Gasteiger charge is -2.42. The predicted molar refractivity (Wildman–Crippen MR) is 98.9 cm³/mol. The van der Waals surface area contributed by atoms with E-state index in [-0.39, 0.29) is 24.9 Å². The van der Waals surface area contributed by atoms with E-state index in [1.807, 2.05) is 39.3 Å². The molecule has 6 rings (SSSR count). The first-order valence-electron chi connectivity index (χ1n) is 9.37. The zero-order valence-corrected chi connectivity index (χ0v) is 15.3. The van der Waals surface area contributed by atoms with Crippen LogP contribution in [0.15, 0.2) is 47.5 Å². The number of benzene rings is 1. The smallest absolute Gasteiger partial charge is 0.173 e. The van der Waals surface area contributed by atoms with Crippen LogP contribution in [-0.2, 0) is 4.74 Å². The molecule has 3 atom stereocenters. The largest absolute Gasteiger partial charge is 0.378 e. The van der Waals surface area contributed by atoms with E-state index in [2.05, 4.69) is 17.2 Å². The Labute approximate surface area is 160 Å². The number of ether oxygens (including phenoxy) is 1. The molecule has 0 amide bonds. The number of hydrogen-bond donors (Lipinski definition) is 0. The van der Waals surface area contributed by atoms with E-state index < -0.39 is 0 Å². The molecule has 0 N–H and O–H groups in total. The maximum absolute atomic E-state index is 14.2. The van der Waals surface area contributed by atoms with Crippen molar-refractivity contribution < 1.29 is 9.22 Å². The number of anilines is 1. The van der Waals surface area contributed by atoms with Gasteiger partial charge in [-0.3, -0.25) is 0 Å². The third-order valence-corrected chi connectivity index (χ3v) is 5.82. The fourth-order valence-corrected chi connectivity index (χ4v) is 4.47. The Kier molecular flexibility index (Phi) is 3.22. The monoisotopic (exact) mass is 382 g/mol. The summed E-state index contributed by atoms with van der Waals surface area (Å²) in [4.78, 5) is 8.39. The van der Waals surface area contributed by atoms with Crippen molar-refractivity contribution in [1.82, 2.24) is 25.2 Å². The molecule has 9 nitrogen and oxygen atoms in total. The van der Waals surface area contributed by atoms with Crippen LogP contribution in [0.4, 0.5) is 10.2 Å². The van der Waals surface area contributed by atoms with Gasteiger partial charge in [0.25, 0.3) is 0 Å². The Morgan fingerprint density at radius 1 is 1.25 bits per heavy atom. The molecule has 0 aliphatic carbocycles. The summed E-state index contributed by atoms with van der Waals surface area (Å²) >= 11 is 0. The standard InChI is InChI=1S/C18H19FN8O/c1-12-13(6-7-28-12)16-8-21-22-27(16)25-10-20-18-14-4-2-3-5-15(14)24-11-23(19)9-17(24)26(18)25/h2-5,8-10,12-13,18H,6-7,11H2,1H3. The molecule has 1 aromatic heterocycles. The number of aliphatic imine (C=N–C) groups is 1. The van der Waals surface area contributed by atoms with Gasteiger partial charge in [0.1, 0.15) is 13.0 Å². The maximum atomic E-state index is 14.2. The predicted octanol–water partition coefficient (Wildman–Crippen LogP) is 1.84. The van der Waals surface area contributed by atoms with Crippen LogP contribution in [0.3, 0.4) is 0 Å². The van der Waals surface area contributed by atoms with Crippen molar-refractivity contribution >= 4 is 12.0 Å². The minimum atomic E-state index is -0.278. The molecule has 0 radical (unpaired) electrons. The number of para-hydroxylation sites is 1. The van der Waals surface area contributed by atoms with Crippen LogP contribution in [0, 0.1) is 0 Å². The van der Waals surface area contributed by atoms with Crippen LogP contribution in [0.25, 0.3) is 0 Å². The van der Waals surface area contributed by atoms with Crippen molar-refractivity contribution in [2.45, 2.75) is 31.5 Å². The van der Waals surface area contributed by atoms with Crippen molar-refractivity contribution in [2.24, 2.45) is 4.99 Å². The summed E-state index contributed by atoms with van der Waals surface area (Å²) in [6, 6.07) is 7.96. The highest BCUT2D eigenvalue weighted by Gasteiger charge is 2.45. The van der Waals surface area contributed by atoms with Gasteiger partial charge in [-0.05, 0) is 24.6 Å². The topological polar surface area (TPSA) is 65.3 Å². The second kappa shape index (κ2) is 5.68. The Bertz CT molecular complexity index is 989. The van der Waals surface area contributed by atoms with E-state index in [9.17, 15) is 4.48 Å².